The Labute approximate surface area is 116 Å². The molecule has 0 amide bonds. The summed E-state index contributed by atoms with van der Waals surface area (Å²) in [5, 5.41) is 3.04. The van der Waals surface area contributed by atoms with Crippen molar-refractivity contribution in [2.75, 3.05) is 5.32 Å². The molecule has 0 bridgehead atoms. The molecule has 0 aliphatic heterocycles. The van der Waals surface area contributed by atoms with Gasteiger partial charge in [-0.05, 0) is 36.8 Å². The number of benzene rings is 1. The zero-order valence-corrected chi connectivity index (χ0v) is 11.2. The van der Waals surface area contributed by atoms with Crippen LogP contribution in [0.15, 0.2) is 42.6 Å². The van der Waals surface area contributed by atoms with Crippen LogP contribution in [-0.2, 0) is 19.3 Å². The third kappa shape index (κ3) is 3.56. The molecule has 2 rings (SSSR count). The van der Waals surface area contributed by atoms with Gasteiger partial charge in [0.05, 0.1) is 12.1 Å². The minimum atomic E-state index is -4.31. The minimum absolute atomic E-state index is 0.476. The van der Waals surface area contributed by atoms with Gasteiger partial charge in [-0.3, -0.25) is 0 Å². The summed E-state index contributed by atoms with van der Waals surface area (Å²) in [6.07, 6.45) is -1.31. The normalized spacial score (nSPS) is 11.6. The van der Waals surface area contributed by atoms with Crippen LogP contribution < -0.4 is 5.32 Å². The molecule has 0 saturated carbocycles. The number of aromatic nitrogens is 1. The molecule has 2 nitrogen and oxygen atoms in total. The van der Waals surface area contributed by atoms with Crippen LogP contribution >= 0.6 is 0 Å². The second-order valence-corrected chi connectivity index (χ2v) is 4.63. The summed E-state index contributed by atoms with van der Waals surface area (Å²) in [6, 6.07) is 9.17. The lowest BCUT2D eigenvalue weighted by Crippen LogP contribution is -2.08. The second-order valence-electron chi connectivity index (χ2n) is 4.63. The van der Waals surface area contributed by atoms with Crippen molar-refractivity contribution in [1.29, 1.82) is 0 Å². The molecule has 5 heteroatoms. The van der Waals surface area contributed by atoms with E-state index in [0.29, 0.717) is 12.2 Å². The first-order valence-corrected chi connectivity index (χ1v) is 6.56. The van der Waals surface area contributed by atoms with Gasteiger partial charge in [0.1, 0.15) is 0 Å². The fraction of sp³-hybridized carbons (Fsp3) is 0.333. The standard InChI is InChI=1S/C15H17F3N2/c1-2-8-20-9-4-7-14(20)11-19-13-6-3-5-12(10-13)15(16,17)18/h3-7,9-10,19H,2,8,11H2,1H3. The molecule has 108 valence electrons. The summed E-state index contributed by atoms with van der Waals surface area (Å²) in [5.74, 6) is 0. The van der Waals surface area contributed by atoms with Crippen LogP contribution in [0.2, 0.25) is 0 Å². The number of hydrogen-bond acceptors (Lipinski definition) is 1. The number of nitrogens with zero attached hydrogens (tertiary/aromatic N) is 1. The Morgan fingerprint density at radius 3 is 2.65 bits per heavy atom. The van der Waals surface area contributed by atoms with Gasteiger partial charge < -0.3 is 9.88 Å². The summed E-state index contributed by atoms with van der Waals surface area (Å²) in [5.41, 5.74) is 0.903. The highest BCUT2D eigenvalue weighted by Crippen LogP contribution is 2.30. The average molecular weight is 282 g/mol. The lowest BCUT2D eigenvalue weighted by molar-refractivity contribution is -0.137. The van der Waals surface area contributed by atoms with E-state index >= 15 is 0 Å². The molecule has 1 N–H and O–H groups in total. The van der Waals surface area contributed by atoms with Crippen LogP contribution in [0.5, 0.6) is 0 Å². The van der Waals surface area contributed by atoms with E-state index in [0.717, 1.165) is 30.8 Å². The average Bonchev–Trinajstić information content (AvgIpc) is 2.84. The molecule has 20 heavy (non-hydrogen) atoms. The SMILES string of the molecule is CCCn1cccc1CNc1cccc(C(F)(F)F)c1. The van der Waals surface area contributed by atoms with Crippen molar-refractivity contribution in [2.24, 2.45) is 0 Å². The van der Waals surface area contributed by atoms with Crippen LogP contribution in [0, 0.1) is 0 Å². The van der Waals surface area contributed by atoms with Crippen molar-refractivity contribution in [1.82, 2.24) is 4.57 Å². The lowest BCUT2D eigenvalue weighted by Gasteiger charge is -2.12. The smallest absolute Gasteiger partial charge is 0.379 e. The van der Waals surface area contributed by atoms with E-state index < -0.39 is 11.7 Å². The van der Waals surface area contributed by atoms with Gasteiger partial charge in [0.2, 0.25) is 0 Å². The molecule has 0 radical (unpaired) electrons. The highest BCUT2D eigenvalue weighted by atomic mass is 19.4. The Balaban J connectivity index is 2.05. The number of halogens is 3. The zero-order chi connectivity index (χ0) is 14.6. The Morgan fingerprint density at radius 1 is 1.15 bits per heavy atom. The Bertz CT molecular complexity index is 558. The molecule has 0 unspecified atom stereocenters. The maximum atomic E-state index is 12.6. The topological polar surface area (TPSA) is 17.0 Å². The Kier molecular flexibility index (Phi) is 4.37. The Morgan fingerprint density at radius 2 is 1.95 bits per heavy atom. The van der Waals surface area contributed by atoms with Gasteiger partial charge in [0.25, 0.3) is 0 Å². The number of anilines is 1. The molecular weight excluding hydrogens is 265 g/mol. The van der Waals surface area contributed by atoms with Crippen LogP contribution in [0.25, 0.3) is 0 Å². The number of rotatable bonds is 5. The molecule has 2 aromatic rings. The van der Waals surface area contributed by atoms with E-state index in [2.05, 4.69) is 16.8 Å². The summed E-state index contributed by atoms with van der Waals surface area (Å²) in [6.45, 7) is 3.50. The summed E-state index contributed by atoms with van der Waals surface area (Å²) in [4.78, 5) is 0. The first-order chi connectivity index (χ1) is 9.50. The lowest BCUT2D eigenvalue weighted by atomic mass is 10.2. The number of hydrogen-bond donors (Lipinski definition) is 1. The second kappa shape index (κ2) is 6.03. The maximum Gasteiger partial charge on any atom is 0.416 e. The van der Waals surface area contributed by atoms with Crippen LogP contribution in [0.4, 0.5) is 18.9 Å². The predicted octanol–water partition coefficient (Wildman–Crippen LogP) is 4.53. The highest BCUT2D eigenvalue weighted by molar-refractivity contribution is 5.46. The first kappa shape index (κ1) is 14.5. The van der Waals surface area contributed by atoms with Crippen molar-refractivity contribution in [3.05, 3.63) is 53.9 Å². The van der Waals surface area contributed by atoms with Gasteiger partial charge in [-0.25, -0.2) is 0 Å². The van der Waals surface area contributed by atoms with Crippen molar-refractivity contribution in [2.45, 2.75) is 32.6 Å². The van der Waals surface area contributed by atoms with Gasteiger partial charge in [-0.15, -0.1) is 0 Å². The van der Waals surface area contributed by atoms with Crippen molar-refractivity contribution >= 4 is 5.69 Å². The molecule has 0 aliphatic rings. The molecule has 0 aliphatic carbocycles. The maximum absolute atomic E-state index is 12.6. The molecule has 0 atom stereocenters. The Hall–Kier alpha value is -1.91. The van der Waals surface area contributed by atoms with Crippen molar-refractivity contribution < 1.29 is 13.2 Å². The number of alkyl halides is 3. The van der Waals surface area contributed by atoms with Gasteiger partial charge in [0, 0.05) is 24.1 Å². The van der Waals surface area contributed by atoms with E-state index in [4.69, 9.17) is 0 Å². The molecular formula is C15H17F3N2. The summed E-state index contributed by atoms with van der Waals surface area (Å²) in [7, 11) is 0. The molecule has 0 fully saturated rings. The molecule has 0 saturated heterocycles. The van der Waals surface area contributed by atoms with Crippen molar-refractivity contribution in [3.63, 3.8) is 0 Å². The van der Waals surface area contributed by atoms with Gasteiger partial charge in [-0.2, -0.15) is 13.2 Å². The van der Waals surface area contributed by atoms with E-state index in [9.17, 15) is 13.2 Å². The number of aryl methyl sites for hydroxylation is 1. The third-order valence-electron chi connectivity index (χ3n) is 3.05. The molecule has 1 heterocycles. The monoisotopic (exact) mass is 282 g/mol. The molecule has 1 aromatic heterocycles. The highest BCUT2D eigenvalue weighted by Gasteiger charge is 2.30. The largest absolute Gasteiger partial charge is 0.416 e. The predicted molar refractivity (Wildman–Crippen MR) is 73.5 cm³/mol. The first-order valence-electron chi connectivity index (χ1n) is 6.56. The van der Waals surface area contributed by atoms with Crippen LogP contribution in [-0.4, -0.2) is 4.57 Å². The van der Waals surface area contributed by atoms with Gasteiger partial charge >= 0.3 is 6.18 Å². The van der Waals surface area contributed by atoms with Crippen molar-refractivity contribution in [3.8, 4) is 0 Å². The van der Waals surface area contributed by atoms with Gasteiger partial charge in [0.15, 0.2) is 0 Å². The van der Waals surface area contributed by atoms with E-state index in [-0.39, 0.29) is 0 Å². The van der Waals surface area contributed by atoms with E-state index in [1.54, 1.807) is 6.07 Å². The quantitative estimate of drug-likeness (QED) is 0.852. The molecule has 1 aromatic carbocycles. The van der Waals surface area contributed by atoms with Gasteiger partial charge in [-0.1, -0.05) is 13.0 Å². The third-order valence-corrected chi connectivity index (χ3v) is 3.05. The van der Waals surface area contributed by atoms with Crippen LogP contribution in [0.1, 0.15) is 24.6 Å². The molecule has 0 spiro atoms. The zero-order valence-electron chi connectivity index (χ0n) is 11.2. The van der Waals surface area contributed by atoms with E-state index in [1.165, 1.54) is 6.07 Å². The van der Waals surface area contributed by atoms with E-state index in [1.807, 2.05) is 18.3 Å². The fourth-order valence-electron chi connectivity index (χ4n) is 2.07. The summed E-state index contributed by atoms with van der Waals surface area (Å²) >= 11 is 0. The summed E-state index contributed by atoms with van der Waals surface area (Å²) < 4.78 is 39.9. The number of nitrogens with one attached hydrogen (secondary N) is 1. The fourth-order valence-corrected chi connectivity index (χ4v) is 2.07. The van der Waals surface area contributed by atoms with Crippen LogP contribution in [0.3, 0.4) is 0 Å². The minimum Gasteiger partial charge on any atom is -0.379 e.